The molecule has 2 heterocycles. The number of nitrogens with zero attached hydrogens (tertiary/aromatic N) is 2. The van der Waals surface area contributed by atoms with Gasteiger partial charge in [-0.15, -0.1) is 0 Å². The van der Waals surface area contributed by atoms with Gasteiger partial charge in [0.05, 0.1) is 5.69 Å². The first-order chi connectivity index (χ1) is 15.6. The summed E-state index contributed by atoms with van der Waals surface area (Å²) in [7, 11) is 0. The summed E-state index contributed by atoms with van der Waals surface area (Å²) in [6.07, 6.45) is 5.04. The average molecular weight is 461 g/mol. The Balaban J connectivity index is 1.61. The van der Waals surface area contributed by atoms with E-state index in [9.17, 15) is 4.79 Å². The third-order valence-electron chi connectivity index (χ3n) is 5.88. The maximum atomic E-state index is 13.3. The normalized spacial score (nSPS) is 14.5. The van der Waals surface area contributed by atoms with Gasteiger partial charge < -0.3 is 9.47 Å². The van der Waals surface area contributed by atoms with Crippen molar-refractivity contribution >= 4 is 57.3 Å². The molecule has 1 amide bonds. The fraction of sp³-hybridized carbons (Fsp3) is 0.148. The molecular formula is C27H22Cl2N2O. The molecule has 0 N–H and O–H groups in total. The van der Waals surface area contributed by atoms with Gasteiger partial charge in [-0.05, 0) is 42.3 Å². The predicted molar refractivity (Wildman–Crippen MR) is 134 cm³/mol. The fourth-order valence-electron chi connectivity index (χ4n) is 4.40. The number of hydrogen-bond donors (Lipinski definition) is 0. The second-order valence-electron chi connectivity index (χ2n) is 8.00. The molecule has 0 spiro atoms. The van der Waals surface area contributed by atoms with Crippen molar-refractivity contribution in [3.05, 3.63) is 99.7 Å². The van der Waals surface area contributed by atoms with Gasteiger partial charge in [0.25, 0.3) is 5.91 Å². The summed E-state index contributed by atoms with van der Waals surface area (Å²) < 4.78 is 2.17. The smallest absolute Gasteiger partial charge is 0.258 e. The topological polar surface area (TPSA) is 25.2 Å². The Labute approximate surface area is 197 Å². The van der Waals surface area contributed by atoms with Gasteiger partial charge in [0.15, 0.2) is 0 Å². The minimum atomic E-state index is 0.0608. The molecule has 0 atom stereocenters. The van der Waals surface area contributed by atoms with E-state index in [2.05, 4.69) is 29.8 Å². The number of carbonyl (C=O) groups is 1. The highest BCUT2D eigenvalue weighted by atomic mass is 35.5. The molecule has 0 radical (unpaired) electrons. The first-order valence-electron chi connectivity index (χ1n) is 10.7. The fourth-order valence-corrected chi connectivity index (χ4v) is 4.87. The third kappa shape index (κ3) is 3.62. The van der Waals surface area contributed by atoms with E-state index in [1.807, 2.05) is 59.5 Å². The van der Waals surface area contributed by atoms with Crippen LogP contribution in [0, 0.1) is 0 Å². The number of rotatable bonds is 5. The van der Waals surface area contributed by atoms with Crippen LogP contribution >= 0.6 is 23.2 Å². The Hall–Kier alpha value is -3.01. The summed E-state index contributed by atoms with van der Waals surface area (Å²) in [6.45, 7) is 3.42. The van der Waals surface area contributed by atoms with E-state index in [0.29, 0.717) is 23.1 Å². The van der Waals surface area contributed by atoms with E-state index in [4.69, 9.17) is 23.2 Å². The van der Waals surface area contributed by atoms with Crippen LogP contribution in [0.2, 0.25) is 10.0 Å². The van der Waals surface area contributed by atoms with Crippen molar-refractivity contribution in [1.82, 2.24) is 4.57 Å². The molecule has 1 aliphatic rings. The maximum absolute atomic E-state index is 13.3. The lowest BCUT2D eigenvalue weighted by molar-refractivity contribution is -0.113. The van der Waals surface area contributed by atoms with Crippen molar-refractivity contribution in [2.24, 2.45) is 0 Å². The highest BCUT2D eigenvalue weighted by molar-refractivity contribution is 6.36. The minimum absolute atomic E-state index is 0.0608. The zero-order valence-electron chi connectivity index (χ0n) is 17.7. The molecule has 0 bridgehead atoms. The maximum Gasteiger partial charge on any atom is 0.258 e. The number of hydrogen-bond acceptors (Lipinski definition) is 1. The van der Waals surface area contributed by atoms with Gasteiger partial charge in [-0.1, -0.05) is 72.6 Å². The molecule has 0 saturated heterocycles. The molecule has 5 heteroatoms. The number of amides is 1. The van der Waals surface area contributed by atoms with E-state index in [0.717, 1.165) is 45.3 Å². The summed E-state index contributed by atoms with van der Waals surface area (Å²) in [5.41, 5.74) is 5.82. The Morgan fingerprint density at radius 3 is 2.56 bits per heavy atom. The number of halogens is 2. The molecule has 0 saturated carbocycles. The van der Waals surface area contributed by atoms with Crippen LogP contribution in [0.25, 0.3) is 22.6 Å². The largest absolute Gasteiger partial charge is 0.342 e. The van der Waals surface area contributed by atoms with Crippen molar-refractivity contribution in [1.29, 1.82) is 0 Å². The van der Waals surface area contributed by atoms with Gasteiger partial charge in [-0.25, -0.2) is 0 Å². The molecule has 0 aliphatic carbocycles. The first-order valence-corrected chi connectivity index (χ1v) is 11.5. The molecule has 0 unspecified atom stereocenters. The van der Waals surface area contributed by atoms with Crippen LogP contribution in [-0.2, 0) is 11.3 Å². The van der Waals surface area contributed by atoms with E-state index >= 15 is 0 Å². The quantitative estimate of drug-likeness (QED) is 0.287. The first kappa shape index (κ1) is 20.9. The SMILES string of the molecule is CCCN1C(=O)/C(=C\c2cn(Cc3ccc(Cl)cc3Cl)c3ccccc23)c2ccccc21. The Morgan fingerprint density at radius 1 is 0.969 bits per heavy atom. The second kappa shape index (κ2) is 8.50. The standard InChI is InChI=1S/C27H22Cl2N2O/c1-2-13-31-26-10-6-4-8-22(26)23(27(31)32)14-19-17-30(25-9-5-3-7-21(19)25)16-18-11-12-20(28)15-24(18)29/h3-12,14-15,17H,2,13,16H2,1H3/b23-14-. The molecule has 32 heavy (non-hydrogen) atoms. The predicted octanol–water partition coefficient (Wildman–Crippen LogP) is 7.29. The van der Waals surface area contributed by atoms with Crippen molar-refractivity contribution in [2.75, 3.05) is 11.4 Å². The lowest BCUT2D eigenvalue weighted by Gasteiger charge is -2.15. The Kier molecular flexibility index (Phi) is 5.54. The van der Waals surface area contributed by atoms with Gasteiger partial charge in [-0.3, -0.25) is 4.79 Å². The van der Waals surface area contributed by atoms with Gasteiger partial charge in [0, 0.05) is 56.9 Å². The van der Waals surface area contributed by atoms with Gasteiger partial charge in [-0.2, -0.15) is 0 Å². The van der Waals surface area contributed by atoms with Crippen LogP contribution in [0.5, 0.6) is 0 Å². The zero-order valence-corrected chi connectivity index (χ0v) is 19.2. The molecule has 1 aromatic heterocycles. The molecule has 4 aromatic rings. The van der Waals surface area contributed by atoms with E-state index < -0.39 is 0 Å². The zero-order chi connectivity index (χ0) is 22.2. The molecule has 160 valence electrons. The molecule has 1 aliphatic heterocycles. The van der Waals surface area contributed by atoms with Crippen molar-refractivity contribution in [3.63, 3.8) is 0 Å². The Morgan fingerprint density at radius 2 is 1.75 bits per heavy atom. The van der Waals surface area contributed by atoms with Crippen LogP contribution in [0.1, 0.15) is 30.0 Å². The van der Waals surface area contributed by atoms with E-state index in [-0.39, 0.29) is 5.91 Å². The van der Waals surface area contributed by atoms with Crippen LogP contribution in [0.15, 0.2) is 72.9 Å². The highest BCUT2D eigenvalue weighted by Crippen LogP contribution is 2.38. The third-order valence-corrected chi connectivity index (χ3v) is 6.47. The summed E-state index contributed by atoms with van der Waals surface area (Å²) in [6, 6.07) is 21.8. The number of anilines is 1. The lowest BCUT2D eigenvalue weighted by atomic mass is 10.0. The van der Waals surface area contributed by atoms with Crippen molar-refractivity contribution in [2.45, 2.75) is 19.9 Å². The van der Waals surface area contributed by atoms with Gasteiger partial charge in [0.2, 0.25) is 0 Å². The molecule has 3 aromatic carbocycles. The van der Waals surface area contributed by atoms with Crippen LogP contribution in [-0.4, -0.2) is 17.0 Å². The number of carbonyl (C=O) groups excluding carboxylic acids is 1. The number of fused-ring (bicyclic) bond motifs is 2. The molecular weight excluding hydrogens is 439 g/mol. The number of para-hydroxylation sites is 2. The number of aromatic nitrogens is 1. The monoisotopic (exact) mass is 460 g/mol. The van der Waals surface area contributed by atoms with Crippen LogP contribution in [0.4, 0.5) is 5.69 Å². The van der Waals surface area contributed by atoms with Crippen molar-refractivity contribution in [3.8, 4) is 0 Å². The second-order valence-corrected chi connectivity index (χ2v) is 8.84. The molecule has 0 fully saturated rings. The van der Waals surface area contributed by atoms with Gasteiger partial charge >= 0.3 is 0 Å². The summed E-state index contributed by atoms with van der Waals surface area (Å²) >= 11 is 12.5. The minimum Gasteiger partial charge on any atom is -0.342 e. The lowest BCUT2D eigenvalue weighted by Crippen LogP contribution is -2.26. The highest BCUT2D eigenvalue weighted by Gasteiger charge is 2.31. The summed E-state index contributed by atoms with van der Waals surface area (Å²) in [5.74, 6) is 0.0608. The summed E-state index contributed by atoms with van der Waals surface area (Å²) in [5, 5.41) is 2.37. The number of benzene rings is 3. The van der Waals surface area contributed by atoms with Crippen molar-refractivity contribution < 1.29 is 4.79 Å². The Bertz CT molecular complexity index is 1370. The van der Waals surface area contributed by atoms with E-state index in [1.165, 1.54) is 0 Å². The van der Waals surface area contributed by atoms with Crippen LogP contribution < -0.4 is 4.90 Å². The van der Waals surface area contributed by atoms with Gasteiger partial charge in [0.1, 0.15) is 0 Å². The van der Waals surface area contributed by atoms with Crippen LogP contribution in [0.3, 0.4) is 0 Å². The molecule has 5 rings (SSSR count). The molecule has 3 nitrogen and oxygen atoms in total. The summed E-state index contributed by atoms with van der Waals surface area (Å²) in [4.78, 5) is 15.2. The average Bonchev–Trinajstić information content (AvgIpc) is 3.27. The van der Waals surface area contributed by atoms with E-state index in [1.54, 1.807) is 6.07 Å².